The van der Waals surface area contributed by atoms with E-state index in [4.69, 9.17) is 4.74 Å². The highest BCUT2D eigenvalue weighted by atomic mass is 32.2. The van der Waals surface area contributed by atoms with Crippen molar-refractivity contribution in [2.75, 3.05) is 55.4 Å². The third-order valence-electron chi connectivity index (χ3n) is 6.19. The first-order valence-electron chi connectivity index (χ1n) is 11.6. The molecule has 2 atom stereocenters. The maximum Gasteiger partial charge on any atom is 0.257 e. The fourth-order valence-corrected chi connectivity index (χ4v) is 5.44. The van der Waals surface area contributed by atoms with Gasteiger partial charge in [-0.3, -0.25) is 4.79 Å². The maximum absolute atomic E-state index is 13.3. The Morgan fingerprint density at radius 2 is 1.74 bits per heavy atom. The van der Waals surface area contributed by atoms with Crippen molar-refractivity contribution in [3.63, 3.8) is 0 Å². The van der Waals surface area contributed by atoms with E-state index in [2.05, 4.69) is 20.1 Å². The number of carbonyl (C=O) groups excluding carboxylic acids is 1. The Bertz CT molecular complexity index is 1120. The SMILES string of the molecule is CC1CN(c2ccc(NC(=O)c3cc(S(=O)(=O)N(C)C)ccc3N3CCCC3)cn2)CC(C)O1. The number of pyridine rings is 1. The number of carbonyl (C=O) groups is 1. The lowest BCUT2D eigenvalue weighted by Crippen LogP contribution is -2.45. The number of aromatic nitrogens is 1. The summed E-state index contributed by atoms with van der Waals surface area (Å²) in [5, 5.41) is 2.90. The van der Waals surface area contributed by atoms with Crippen molar-refractivity contribution in [3.8, 4) is 0 Å². The number of nitrogens with zero attached hydrogens (tertiary/aromatic N) is 4. The van der Waals surface area contributed by atoms with Crippen LogP contribution in [0.3, 0.4) is 0 Å². The molecule has 2 fully saturated rings. The number of amides is 1. The number of ether oxygens (including phenoxy) is 1. The summed E-state index contributed by atoms with van der Waals surface area (Å²) >= 11 is 0. The van der Waals surface area contributed by atoms with Crippen LogP contribution in [0, 0.1) is 0 Å². The van der Waals surface area contributed by atoms with Gasteiger partial charge in [0.05, 0.1) is 34.6 Å². The number of benzene rings is 1. The van der Waals surface area contributed by atoms with Gasteiger partial charge in [-0.2, -0.15) is 0 Å². The van der Waals surface area contributed by atoms with Crippen LogP contribution in [0.5, 0.6) is 0 Å². The van der Waals surface area contributed by atoms with E-state index in [1.54, 1.807) is 18.3 Å². The van der Waals surface area contributed by atoms with Gasteiger partial charge < -0.3 is 19.9 Å². The van der Waals surface area contributed by atoms with Gasteiger partial charge in [0.1, 0.15) is 5.82 Å². The summed E-state index contributed by atoms with van der Waals surface area (Å²) in [6.07, 6.45) is 3.97. The molecule has 1 aromatic carbocycles. The predicted octanol–water partition coefficient (Wildman–Crippen LogP) is 2.80. The Morgan fingerprint density at radius 3 is 2.32 bits per heavy atom. The molecule has 2 unspecified atom stereocenters. The molecule has 2 aliphatic rings. The van der Waals surface area contributed by atoms with Crippen LogP contribution in [0.15, 0.2) is 41.4 Å². The minimum absolute atomic E-state index is 0.0922. The van der Waals surface area contributed by atoms with Crippen molar-refractivity contribution < 1.29 is 17.9 Å². The number of hydrogen-bond acceptors (Lipinski definition) is 7. The van der Waals surface area contributed by atoms with E-state index in [9.17, 15) is 13.2 Å². The van der Waals surface area contributed by atoms with Gasteiger partial charge in [0.25, 0.3) is 5.91 Å². The molecular weight excluding hydrogens is 454 g/mol. The van der Waals surface area contributed by atoms with E-state index in [1.165, 1.54) is 20.2 Å². The Kier molecular flexibility index (Phi) is 7.11. The number of rotatable bonds is 6. The van der Waals surface area contributed by atoms with Crippen molar-refractivity contribution in [3.05, 3.63) is 42.1 Å². The molecule has 1 aromatic heterocycles. The fraction of sp³-hybridized carbons (Fsp3) is 0.500. The number of anilines is 3. The molecule has 2 saturated heterocycles. The smallest absolute Gasteiger partial charge is 0.257 e. The fourth-order valence-electron chi connectivity index (χ4n) is 4.51. The van der Waals surface area contributed by atoms with E-state index >= 15 is 0 Å². The van der Waals surface area contributed by atoms with E-state index in [0.29, 0.717) is 11.3 Å². The largest absolute Gasteiger partial charge is 0.372 e. The standard InChI is InChI=1S/C24H33N5O4S/c1-17-15-29(16-18(2)33-17)23-10-7-19(14-25-23)26-24(30)21-13-20(34(31,32)27(3)4)8-9-22(21)28-11-5-6-12-28/h7-10,13-14,17-18H,5-6,11-12,15-16H2,1-4H3,(H,26,30). The molecule has 1 N–H and O–H groups in total. The van der Waals surface area contributed by atoms with Gasteiger partial charge in [-0.05, 0) is 57.0 Å². The van der Waals surface area contributed by atoms with E-state index in [-0.39, 0.29) is 23.0 Å². The van der Waals surface area contributed by atoms with Gasteiger partial charge in [0.15, 0.2) is 0 Å². The third-order valence-corrected chi connectivity index (χ3v) is 8.00. The number of morpholine rings is 1. The third kappa shape index (κ3) is 5.18. The van der Waals surface area contributed by atoms with Crippen LogP contribution in [0.4, 0.5) is 17.2 Å². The molecule has 0 spiro atoms. The zero-order valence-corrected chi connectivity index (χ0v) is 21.0. The Morgan fingerprint density at radius 1 is 1.06 bits per heavy atom. The number of sulfonamides is 1. The van der Waals surface area contributed by atoms with Gasteiger partial charge >= 0.3 is 0 Å². The van der Waals surface area contributed by atoms with E-state index in [1.807, 2.05) is 26.0 Å². The molecule has 3 heterocycles. The zero-order valence-electron chi connectivity index (χ0n) is 20.2. The molecule has 9 nitrogen and oxygen atoms in total. The molecule has 34 heavy (non-hydrogen) atoms. The molecule has 0 bridgehead atoms. The second-order valence-electron chi connectivity index (χ2n) is 9.18. The monoisotopic (exact) mass is 487 g/mol. The highest BCUT2D eigenvalue weighted by Gasteiger charge is 2.26. The normalized spacial score (nSPS) is 21.2. The van der Waals surface area contributed by atoms with Crippen LogP contribution >= 0.6 is 0 Å². The Labute approximate surface area is 201 Å². The number of nitrogens with one attached hydrogen (secondary N) is 1. The Balaban J connectivity index is 1.58. The second-order valence-corrected chi connectivity index (χ2v) is 11.3. The summed E-state index contributed by atoms with van der Waals surface area (Å²) in [7, 11) is -0.709. The van der Waals surface area contributed by atoms with Crippen molar-refractivity contribution in [1.29, 1.82) is 0 Å². The van der Waals surface area contributed by atoms with E-state index < -0.39 is 10.0 Å². The highest BCUT2D eigenvalue weighted by Crippen LogP contribution is 2.29. The van der Waals surface area contributed by atoms with Crippen LogP contribution in [-0.2, 0) is 14.8 Å². The maximum atomic E-state index is 13.3. The topological polar surface area (TPSA) is 95.1 Å². The molecule has 2 aromatic rings. The van der Waals surface area contributed by atoms with Gasteiger partial charge in [-0.25, -0.2) is 17.7 Å². The molecule has 184 valence electrons. The summed E-state index contributed by atoms with van der Waals surface area (Å²) in [6, 6.07) is 8.48. The van der Waals surface area contributed by atoms with Crippen molar-refractivity contribution in [2.24, 2.45) is 0 Å². The van der Waals surface area contributed by atoms with Gasteiger partial charge in [-0.1, -0.05) is 0 Å². The second kappa shape index (κ2) is 9.89. The molecular formula is C24H33N5O4S. The molecule has 2 aliphatic heterocycles. The average Bonchev–Trinajstić information content (AvgIpc) is 3.33. The van der Waals surface area contributed by atoms with Gasteiger partial charge in [0, 0.05) is 46.0 Å². The van der Waals surface area contributed by atoms with Crippen LogP contribution in [0.1, 0.15) is 37.0 Å². The van der Waals surface area contributed by atoms with E-state index in [0.717, 1.165) is 54.8 Å². The lowest BCUT2D eigenvalue weighted by molar-refractivity contribution is -0.00545. The quantitative estimate of drug-likeness (QED) is 0.669. The Hall–Kier alpha value is -2.69. The molecule has 4 rings (SSSR count). The van der Waals surface area contributed by atoms with Crippen molar-refractivity contribution >= 4 is 33.1 Å². The predicted molar refractivity (Wildman–Crippen MR) is 133 cm³/mol. The summed E-state index contributed by atoms with van der Waals surface area (Å²) in [5.74, 6) is 0.470. The minimum atomic E-state index is -3.67. The zero-order chi connectivity index (χ0) is 24.5. The van der Waals surface area contributed by atoms with Crippen LogP contribution in [0.25, 0.3) is 0 Å². The van der Waals surface area contributed by atoms with Crippen LogP contribution < -0.4 is 15.1 Å². The average molecular weight is 488 g/mol. The van der Waals surface area contributed by atoms with Gasteiger partial charge in [-0.15, -0.1) is 0 Å². The van der Waals surface area contributed by atoms with Gasteiger partial charge in [0.2, 0.25) is 10.0 Å². The summed E-state index contributed by atoms with van der Waals surface area (Å²) in [6.45, 7) is 7.28. The van der Waals surface area contributed by atoms with Crippen molar-refractivity contribution in [1.82, 2.24) is 9.29 Å². The minimum Gasteiger partial charge on any atom is -0.372 e. The molecule has 0 saturated carbocycles. The summed E-state index contributed by atoms with van der Waals surface area (Å²) < 4.78 is 32.3. The first-order chi connectivity index (χ1) is 16.1. The first-order valence-corrected chi connectivity index (χ1v) is 13.1. The molecule has 0 aliphatic carbocycles. The van der Waals surface area contributed by atoms with Crippen LogP contribution in [0.2, 0.25) is 0 Å². The lowest BCUT2D eigenvalue weighted by atomic mass is 10.1. The molecule has 1 amide bonds. The lowest BCUT2D eigenvalue weighted by Gasteiger charge is -2.36. The number of hydrogen-bond donors (Lipinski definition) is 1. The summed E-state index contributed by atoms with van der Waals surface area (Å²) in [4.78, 5) is 22.2. The molecule has 0 radical (unpaired) electrons. The highest BCUT2D eigenvalue weighted by molar-refractivity contribution is 7.89. The molecule has 10 heteroatoms. The first kappa shape index (κ1) is 24.4. The van der Waals surface area contributed by atoms with Crippen LogP contribution in [-0.4, -0.2) is 76.1 Å². The summed E-state index contributed by atoms with van der Waals surface area (Å²) in [5.41, 5.74) is 1.63. The van der Waals surface area contributed by atoms with Crippen molar-refractivity contribution in [2.45, 2.75) is 43.8 Å².